The van der Waals surface area contributed by atoms with Crippen molar-refractivity contribution in [3.05, 3.63) is 47.4 Å². The standard InChI is InChI=1S/C13H12FN3O2/c1-7-4-8(14)2-3-11(7)17-12-5-9(13(18)19)10(15)6-16-12/h2-6H,15H2,1H3,(H,16,17)(H,18,19). The van der Waals surface area contributed by atoms with Crippen molar-refractivity contribution in [1.29, 1.82) is 0 Å². The van der Waals surface area contributed by atoms with Crippen LogP contribution in [-0.2, 0) is 0 Å². The van der Waals surface area contributed by atoms with E-state index < -0.39 is 5.97 Å². The number of aryl methyl sites for hydroxylation is 1. The molecule has 2 rings (SSSR count). The average molecular weight is 261 g/mol. The molecule has 4 N–H and O–H groups in total. The van der Waals surface area contributed by atoms with E-state index in [1.165, 1.54) is 24.4 Å². The number of nitrogens with one attached hydrogen (secondary N) is 1. The number of hydrogen-bond acceptors (Lipinski definition) is 4. The molecule has 0 saturated carbocycles. The number of aromatic carboxylic acids is 1. The Kier molecular flexibility index (Phi) is 3.33. The summed E-state index contributed by atoms with van der Waals surface area (Å²) in [6.07, 6.45) is 1.27. The van der Waals surface area contributed by atoms with Crippen molar-refractivity contribution in [3.63, 3.8) is 0 Å². The van der Waals surface area contributed by atoms with Gasteiger partial charge >= 0.3 is 5.97 Å². The summed E-state index contributed by atoms with van der Waals surface area (Å²) in [6, 6.07) is 5.58. The summed E-state index contributed by atoms with van der Waals surface area (Å²) in [5, 5.41) is 11.9. The Bertz CT molecular complexity index is 644. The maximum atomic E-state index is 13.0. The van der Waals surface area contributed by atoms with Gasteiger partial charge in [-0.05, 0) is 36.8 Å². The van der Waals surface area contributed by atoms with E-state index >= 15 is 0 Å². The average Bonchev–Trinajstić information content (AvgIpc) is 2.34. The molecule has 0 radical (unpaired) electrons. The summed E-state index contributed by atoms with van der Waals surface area (Å²) < 4.78 is 13.0. The van der Waals surface area contributed by atoms with E-state index in [4.69, 9.17) is 10.8 Å². The van der Waals surface area contributed by atoms with E-state index in [2.05, 4.69) is 10.3 Å². The number of carboxylic acid groups (broad SMARTS) is 1. The fraction of sp³-hybridized carbons (Fsp3) is 0.0769. The molecule has 0 unspecified atom stereocenters. The number of carboxylic acids is 1. The normalized spacial score (nSPS) is 10.2. The van der Waals surface area contributed by atoms with Gasteiger partial charge in [-0.25, -0.2) is 14.2 Å². The van der Waals surface area contributed by atoms with Gasteiger partial charge in [-0.3, -0.25) is 0 Å². The lowest BCUT2D eigenvalue weighted by Gasteiger charge is -2.10. The number of benzene rings is 1. The van der Waals surface area contributed by atoms with Crippen LogP contribution in [0.5, 0.6) is 0 Å². The zero-order valence-electron chi connectivity index (χ0n) is 10.1. The van der Waals surface area contributed by atoms with Gasteiger partial charge in [0.1, 0.15) is 11.6 Å². The summed E-state index contributed by atoms with van der Waals surface area (Å²) >= 11 is 0. The Morgan fingerprint density at radius 2 is 2.16 bits per heavy atom. The molecule has 0 aliphatic carbocycles. The third kappa shape index (κ3) is 2.79. The fourth-order valence-electron chi connectivity index (χ4n) is 1.62. The zero-order valence-corrected chi connectivity index (χ0v) is 10.1. The molecule has 19 heavy (non-hydrogen) atoms. The number of anilines is 3. The van der Waals surface area contributed by atoms with Gasteiger partial charge in [-0.15, -0.1) is 0 Å². The van der Waals surface area contributed by atoms with E-state index in [0.717, 1.165) is 0 Å². The summed E-state index contributed by atoms with van der Waals surface area (Å²) in [4.78, 5) is 14.9. The van der Waals surface area contributed by atoms with Crippen molar-refractivity contribution < 1.29 is 14.3 Å². The number of rotatable bonds is 3. The summed E-state index contributed by atoms with van der Waals surface area (Å²) in [5.41, 5.74) is 6.91. The van der Waals surface area contributed by atoms with Crippen LogP contribution in [0.3, 0.4) is 0 Å². The maximum absolute atomic E-state index is 13.0. The molecule has 2 aromatic rings. The topological polar surface area (TPSA) is 88.2 Å². The molecule has 0 fully saturated rings. The van der Waals surface area contributed by atoms with E-state index in [-0.39, 0.29) is 17.1 Å². The lowest BCUT2D eigenvalue weighted by molar-refractivity contribution is 0.0698. The first-order valence-corrected chi connectivity index (χ1v) is 5.49. The molecule has 0 amide bonds. The van der Waals surface area contributed by atoms with Gasteiger partial charge in [-0.2, -0.15) is 0 Å². The van der Waals surface area contributed by atoms with E-state index in [0.29, 0.717) is 17.1 Å². The Labute approximate surface area is 108 Å². The van der Waals surface area contributed by atoms with Crippen molar-refractivity contribution >= 4 is 23.2 Å². The first-order chi connectivity index (χ1) is 8.97. The highest BCUT2D eigenvalue weighted by Gasteiger charge is 2.10. The van der Waals surface area contributed by atoms with Crippen LogP contribution in [0, 0.1) is 12.7 Å². The third-order valence-electron chi connectivity index (χ3n) is 2.62. The fourth-order valence-corrected chi connectivity index (χ4v) is 1.62. The molecule has 0 saturated heterocycles. The second-order valence-electron chi connectivity index (χ2n) is 4.05. The van der Waals surface area contributed by atoms with E-state index in [1.807, 2.05) is 0 Å². The number of carbonyl (C=O) groups is 1. The smallest absolute Gasteiger partial charge is 0.337 e. The van der Waals surface area contributed by atoms with Crippen LogP contribution in [0.2, 0.25) is 0 Å². The van der Waals surface area contributed by atoms with Gasteiger partial charge in [0.05, 0.1) is 17.4 Å². The number of hydrogen-bond donors (Lipinski definition) is 3. The molecule has 0 spiro atoms. The van der Waals surface area contributed by atoms with Crippen LogP contribution in [0.4, 0.5) is 21.6 Å². The molecular formula is C13H12FN3O2. The minimum absolute atomic E-state index is 0.0303. The van der Waals surface area contributed by atoms with Crippen molar-refractivity contribution in [3.8, 4) is 0 Å². The predicted octanol–water partition coefficient (Wildman–Crippen LogP) is 2.55. The van der Waals surface area contributed by atoms with Gasteiger partial charge in [0.15, 0.2) is 0 Å². The molecule has 5 nitrogen and oxygen atoms in total. The molecular weight excluding hydrogens is 249 g/mol. The van der Waals surface area contributed by atoms with Gasteiger partial charge in [0.25, 0.3) is 0 Å². The predicted molar refractivity (Wildman–Crippen MR) is 70.0 cm³/mol. The number of pyridine rings is 1. The largest absolute Gasteiger partial charge is 0.478 e. The van der Waals surface area contributed by atoms with Gasteiger partial charge in [0, 0.05) is 5.69 Å². The molecule has 0 atom stereocenters. The minimum atomic E-state index is -1.13. The van der Waals surface area contributed by atoms with Gasteiger partial charge in [0.2, 0.25) is 0 Å². The highest BCUT2D eigenvalue weighted by Crippen LogP contribution is 2.22. The van der Waals surface area contributed by atoms with Crippen LogP contribution in [0.25, 0.3) is 0 Å². The quantitative estimate of drug-likeness (QED) is 0.790. The number of halogens is 1. The van der Waals surface area contributed by atoms with Crippen LogP contribution in [-0.4, -0.2) is 16.1 Å². The molecule has 1 heterocycles. The highest BCUT2D eigenvalue weighted by molar-refractivity contribution is 5.94. The lowest BCUT2D eigenvalue weighted by Crippen LogP contribution is -2.05. The number of aromatic nitrogens is 1. The maximum Gasteiger partial charge on any atom is 0.337 e. The van der Waals surface area contributed by atoms with Gasteiger partial charge in [-0.1, -0.05) is 0 Å². The molecule has 98 valence electrons. The second kappa shape index (κ2) is 4.93. The molecule has 0 aliphatic rings. The van der Waals surface area contributed by atoms with Crippen molar-refractivity contribution in [2.45, 2.75) is 6.92 Å². The summed E-state index contributed by atoms with van der Waals surface area (Å²) in [5.74, 6) is -1.13. The highest BCUT2D eigenvalue weighted by atomic mass is 19.1. The number of nitrogens with two attached hydrogens (primary N) is 1. The van der Waals surface area contributed by atoms with Crippen molar-refractivity contribution in [2.24, 2.45) is 0 Å². The van der Waals surface area contributed by atoms with E-state index in [1.54, 1.807) is 13.0 Å². The molecule has 1 aromatic carbocycles. The Hall–Kier alpha value is -2.63. The van der Waals surface area contributed by atoms with Crippen LogP contribution < -0.4 is 11.1 Å². The molecule has 6 heteroatoms. The van der Waals surface area contributed by atoms with Crippen molar-refractivity contribution in [1.82, 2.24) is 4.98 Å². The Balaban J connectivity index is 2.33. The Morgan fingerprint density at radius 3 is 2.79 bits per heavy atom. The van der Waals surface area contributed by atoms with Crippen LogP contribution in [0.15, 0.2) is 30.5 Å². The van der Waals surface area contributed by atoms with Crippen LogP contribution in [0.1, 0.15) is 15.9 Å². The first kappa shape index (κ1) is 12.8. The van der Waals surface area contributed by atoms with Gasteiger partial charge < -0.3 is 16.2 Å². The Morgan fingerprint density at radius 1 is 1.42 bits per heavy atom. The monoisotopic (exact) mass is 261 g/mol. The van der Waals surface area contributed by atoms with E-state index in [9.17, 15) is 9.18 Å². The molecule has 0 bridgehead atoms. The number of nitrogens with zero attached hydrogens (tertiary/aromatic N) is 1. The third-order valence-corrected chi connectivity index (χ3v) is 2.62. The first-order valence-electron chi connectivity index (χ1n) is 5.49. The van der Waals surface area contributed by atoms with Crippen molar-refractivity contribution in [2.75, 3.05) is 11.1 Å². The zero-order chi connectivity index (χ0) is 14.0. The minimum Gasteiger partial charge on any atom is -0.478 e. The SMILES string of the molecule is Cc1cc(F)ccc1Nc1cc(C(=O)O)c(N)cn1. The summed E-state index contributed by atoms with van der Waals surface area (Å²) in [7, 11) is 0. The van der Waals surface area contributed by atoms with Crippen LogP contribution >= 0.6 is 0 Å². The molecule has 1 aromatic heterocycles. The summed E-state index contributed by atoms with van der Waals surface area (Å²) in [6.45, 7) is 1.74. The second-order valence-corrected chi connectivity index (χ2v) is 4.05. The number of nitrogen functional groups attached to an aromatic ring is 1. The lowest BCUT2D eigenvalue weighted by atomic mass is 10.2. The molecule has 0 aliphatic heterocycles.